The molecule has 0 atom stereocenters. The summed E-state index contributed by atoms with van der Waals surface area (Å²) < 4.78 is 2.30. The van der Waals surface area contributed by atoms with Crippen LogP contribution in [-0.4, -0.2) is 19.9 Å². The summed E-state index contributed by atoms with van der Waals surface area (Å²) in [5.74, 6) is 0.702. The smallest absolute Gasteiger partial charge is 0.160 e. The van der Waals surface area contributed by atoms with Gasteiger partial charge < -0.3 is 0 Å². The van der Waals surface area contributed by atoms with Gasteiger partial charge in [0.2, 0.25) is 0 Å². The van der Waals surface area contributed by atoms with Gasteiger partial charge in [0.25, 0.3) is 0 Å². The Hall–Kier alpha value is -6.30. The van der Waals surface area contributed by atoms with Crippen molar-refractivity contribution in [3.8, 4) is 67.4 Å². The SMILES string of the molecule is c1ccc(-c2nc(-c3cc(-c4ccc(-c5ccccn5)cc4)cc(-c4ccc(-c5ccccn5)cc4)c3)nc3c2sc2ccccc23)cc1. The largest absolute Gasteiger partial charge is 0.256 e. The van der Waals surface area contributed by atoms with Crippen LogP contribution in [-0.2, 0) is 0 Å². The molecule has 0 saturated heterocycles. The number of thiophene rings is 1. The van der Waals surface area contributed by atoms with Gasteiger partial charge in [0.15, 0.2) is 5.82 Å². The van der Waals surface area contributed by atoms with Crippen molar-refractivity contribution in [2.24, 2.45) is 0 Å². The Kier molecular flexibility index (Phi) is 7.30. The molecule has 9 rings (SSSR count). The van der Waals surface area contributed by atoms with Crippen molar-refractivity contribution >= 4 is 31.6 Å². The summed E-state index contributed by atoms with van der Waals surface area (Å²) in [5, 5.41) is 1.15. The number of fused-ring (bicyclic) bond motifs is 3. The van der Waals surface area contributed by atoms with Crippen LogP contribution in [0.4, 0.5) is 0 Å². The van der Waals surface area contributed by atoms with Crippen LogP contribution in [0.15, 0.2) is 170 Å². The maximum atomic E-state index is 5.30. The maximum absolute atomic E-state index is 5.30. The lowest BCUT2D eigenvalue weighted by molar-refractivity contribution is 1.24. The zero-order valence-electron chi connectivity index (χ0n) is 26.4. The molecule has 0 aliphatic heterocycles. The van der Waals surface area contributed by atoms with Gasteiger partial charge in [-0.15, -0.1) is 11.3 Å². The average Bonchev–Trinajstić information content (AvgIpc) is 3.57. The topological polar surface area (TPSA) is 51.6 Å². The van der Waals surface area contributed by atoms with E-state index < -0.39 is 0 Å². The molecule has 0 unspecified atom stereocenters. The van der Waals surface area contributed by atoms with E-state index in [9.17, 15) is 0 Å². The van der Waals surface area contributed by atoms with Gasteiger partial charge in [-0.2, -0.15) is 0 Å². The van der Waals surface area contributed by atoms with E-state index in [2.05, 4.69) is 125 Å². The molecule has 0 spiro atoms. The van der Waals surface area contributed by atoms with Gasteiger partial charge in [-0.3, -0.25) is 9.97 Å². The Labute approximate surface area is 288 Å². The fourth-order valence-corrected chi connectivity index (χ4v) is 7.49. The normalized spacial score (nSPS) is 11.3. The first-order valence-electron chi connectivity index (χ1n) is 16.2. The molecule has 4 nitrogen and oxygen atoms in total. The Balaban J connectivity index is 1.23. The minimum absolute atomic E-state index is 0.702. The highest BCUT2D eigenvalue weighted by molar-refractivity contribution is 7.26. The molecule has 0 aliphatic rings. The van der Waals surface area contributed by atoms with Crippen molar-refractivity contribution in [1.82, 2.24) is 19.9 Å². The first-order valence-corrected chi connectivity index (χ1v) is 17.0. The molecule has 5 heteroatoms. The number of pyridine rings is 2. The van der Waals surface area contributed by atoms with E-state index in [1.54, 1.807) is 11.3 Å². The van der Waals surface area contributed by atoms with Gasteiger partial charge >= 0.3 is 0 Å². The van der Waals surface area contributed by atoms with E-state index in [1.807, 2.05) is 54.9 Å². The van der Waals surface area contributed by atoms with Crippen molar-refractivity contribution in [2.75, 3.05) is 0 Å². The zero-order valence-corrected chi connectivity index (χ0v) is 27.2. The van der Waals surface area contributed by atoms with Crippen molar-refractivity contribution in [2.45, 2.75) is 0 Å². The van der Waals surface area contributed by atoms with E-state index in [4.69, 9.17) is 9.97 Å². The van der Waals surface area contributed by atoms with Crippen LogP contribution in [0.2, 0.25) is 0 Å². The van der Waals surface area contributed by atoms with Crippen LogP contribution in [0.1, 0.15) is 0 Å². The lowest BCUT2D eigenvalue weighted by atomic mass is 9.94. The van der Waals surface area contributed by atoms with E-state index in [1.165, 1.54) is 4.70 Å². The molecule has 49 heavy (non-hydrogen) atoms. The van der Waals surface area contributed by atoms with E-state index >= 15 is 0 Å². The maximum Gasteiger partial charge on any atom is 0.160 e. The Morgan fingerprint density at radius 1 is 0.388 bits per heavy atom. The minimum atomic E-state index is 0.702. The highest BCUT2D eigenvalue weighted by Gasteiger charge is 2.18. The van der Waals surface area contributed by atoms with E-state index in [-0.39, 0.29) is 0 Å². The molecular formula is C44H28N4S. The van der Waals surface area contributed by atoms with Crippen LogP contribution in [0.3, 0.4) is 0 Å². The van der Waals surface area contributed by atoms with Crippen LogP contribution in [0, 0.1) is 0 Å². The van der Waals surface area contributed by atoms with E-state index in [0.717, 1.165) is 77.2 Å². The fourth-order valence-electron chi connectivity index (χ4n) is 6.34. The highest BCUT2D eigenvalue weighted by atomic mass is 32.1. The predicted molar refractivity (Wildman–Crippen MR) is 203 cm³/mol. The number of benzene rings is 5. The first-order chi connectivity index (χ1) is 24.3. The summed E-state index contributed by atoms with van der Waals surface area (Å²) in [4.78, 5) is 19.7. The Morgan fingerprint density at radius 2 is 0.918 bits per heavy atom. The molecule has 0 aliphatic carbocycles. The van der Waals surface area contributed by atoms with Gasteiger partial charge in [-0.05, 0) is 70.8 Å². The van der Waals surface area contributed by atoms with Gasteiger partial charge in [0, 0.05) is 44.7 Å². The third-order valence-corrected chi connectivity index (χ3v) is 9.98. The van der Waals surface area contributed by atoms with Crippen molar-refractivity contribution in [3.63, 3.8) is 0 Å². The van der Waals surface area contributed by atoms with Gasteiger partial charge in [-0.1, -0.05) is 109 Å². The second-order valence-corrected chi connectivity index (χ2v) is 13.0. The van der Waals surface area contributed by atoms with E-state index in [0.29, 0.717) is 5.82 Å². The molecule has 5 aromatic carbocycles. The molecule has 0 amide bonds. The van der Waals surface area contributed by atoms with Gasteiger partial charge in [-0.25, -0.2) is 9.97 Å². The van der Waals surface area contributed by atoms with Gasteiger partial charge in [0.1, 0.15) is 0 Å². The number of hydrogen-bond acceptors (Lipinski definition) is 5. The van der Waals surface area contributed by atoms with Crippen molar-refractivity contribution < 1.29 is 0 Å². The molecule has 9 aromatic rings. The molecule has 0 saturated carbocycles. The number of hydrogen-bond donors (Lipinski definition) is 0. The highest BCUT2D eigenvalue weighted by Crippen LogP contribution is 2.40. The lowest BCUT2D eigenvalue weighted by Crippen LogP contribution is -1.95. The predicted octanol–water partition coefficient (Wildman–Crippen LogP) is 11.6. The quantitative estimate of drug-likeness (QED) is 0.181. The molecule has 0 bridgehead atoms. The van der Waals surface area contributed by atoms with Gasteiger partial charge in [0.05, 0.1) is 27.3 Å². The monoisotopic (exact) mass is 644 g/mol. The Morgan fingerprint density at radius 3 is 1.51 bits per heavy atom. The third kappa shape index (κ3) is 5.56. The molecule has 4 aromatic heterocycles. The van der Waals surface area contributed by atoms with Crippen molar-refractivity contribution in [1.29, 1.82) is 0 Å². The lowest BCUT2D eigenvalue weighted by Gasteiger charge is -2.13. The fraction of sp³-hybridized carbons (Fsp3) is 0. The summed E-state index contributed by atoms with van der Waals surface area (Å²) in [5.41, 5.74) is 12.4. The Bertz CT molecular complexity index is 2460. The van der Waals surface area contributed by atoms with Crippen LogP contribution in [0.5, 0.6) is 0 Å². The minimum Gasteiger partial charge on any atom is -0.256 e. The van der Waals surface area contributed by atoms with Crippen LogP contribution < -0.4 is 0 Å². The number of aromatic nitrogens is 4. The summed E-state index contributed by atoms with van der Waals surface area (Å²) >= 11 is 1.75. The van der Waals surface area contributed by atoms with Crippen LogP contribution in [0.25, 0.3) is 87.7 Å². The average molecular weight is 645 g/mol. The molecular weight excluding hydrogens is 617 g/mol. The molecule has 230 valence electrons. The second kappa shape index (κ2) is 12.4. The summed E-state index contributed by atoms with van der Waals surface area (Å²) in [6.07, 6.45) is 3.66. The summed E-state index contributed by atoms with van der Waals surface area (Å²) in [6.45, 7) is 0. The second-order valence-electron chi connectivity index (χ2n) is 11.9. The molecule has 4 heterocycles. The summed E-state index contributed by atoms with van der Waals surface area (Å²) in [6, 6.07) is 54.8. The molecule has 0 radical (unpaired) electrons. The molecule has 0 fully saturated rings. The number of rotatable bonds is 6. The molecule has 0 N–H and O–H groups in total. The third-order valence-electron chi connectivity index (χ3n) is 8.82. The van der Waals surface area contributed by atoms with Crippen LogP contribution >= 0.6 is 11.3 Å². The first kappa shape index (κ1) is 28.9. The summed E-state index contributed by atoms with van der Waals surface area (Å²) in [7, 11) is 0. The zero-order chi connectivity index (χ0) is 32.6. The van der Waals surface area contributed by atoms with Crippen molar-refractivity contribution in [3.05, 3.63) is 170 Å². The standard InChI is InChI=1S/C44H28N4S/c1-2-10-33(11-3-1)41-43-42(37-12-4-5-15-40(37)49-43)48-44(47-41)36-27-34(29-16-20-31(21-17-29)38-13-6-8-24-45-38)26-35(28-36)30-18-22-32(23-19-30)39-14-7-9-25-46-39/h1-28H. The number of nitrogens with zero attached hydrogens (tertiary/aromatic N) is 4.